The van der Waals surface area contributed by atoms with E-state index in [1.165, 1.54) is 6.07 Å². The van der Waals surface area contributed by atoms with Crippen LogP contribution in [0.1, 0.15) is 10.5 Å². The van der Waals surface area contributed by atoms with E-state index in [1.54, 1.807) is 35.0 Å². The van der Waals surface area contributed by atoms with Gasteiger partial charge in [0.25, 0.3) is 0 Å². The quantitative estimate of drug-likeness (QED) is 0.583. The molecule has 0 amide bonds. The van der Waals surface area contributed by atoms with Crippen LogP contribution in [0.2, 0.25) is 0 Å². The van der Waals surface area contributed by atoms with Crippen molar-refractivity contribution in [1.29, 1.82) is 0 Å². The molecule has 0 spiro atoms. The Balaban J connectivity index is 2.53. The summed E-state index contributed by atoms with van der Waals surface area (Å²) < 4.78 is 15.2. The van der Waals surface area contributed by atoms with E-state index in [0.29, 0.717) is 28.4 Å². The van der Waals surface area contributed by atoms with Crippen LogP contribution in [0.3, 0.4) is 0 Å². The van der Waals surface area contributed by atoms with Gasteiger partial charge in [-0.05, 0) is 12.1 Å². The van der Waals surface area contributed by atoms with Gasteiger partial charge in [0.05, 0.1) is 0 Å². The van der Waals surface area contributed by atoms with Crippen LogP contribution in [0.25, 0.3) is 16.4 Å². The number of halogens is 1. The van der Waals surface area contributed by atoms with Crippen LogP contribution >= 0.6 is 0 Å². The van der Waals surface area contributed by atoms with Gasteiger partial charge in [0.2, 0.25) is 0 Å². The highest BCUT2D eigenvalue weighted by Crippen LogP contribution is 2.21. The van der Waals surface area contributed by atoms with E-state index in [-0.39, 0.29) is 5.82 Å². The molecule has 3 rings (SSSR count). The number of nitrogens with zero attached hydrogens (tertiary/aromatic N) is 2. The Morgan fingerprint density at radius 1 is 1.25 bits per heavy atom. The predicted octanol–water partition coefficient (Wildman–Crippen LogP) is 2.44. The van der Waals surface area contributed by atoms with Crippen LogP contribution in [0, 0.1) is 5.82 Å². The minimum Gasteiger partial charge on any atom is -0.306 e. The largest absolute Gasteiger partial charge is 0.306 e. The summed E-state index contributed by atoms with van der Waals surface area (Å²) in [5.74, 6) is -0.282. The fourth-order valence-corrected chi connectivity index (χ4v) is 1.84. The summed E-state index contributed by atoms with van der Waals surface area (Å²) in [5.41, 5.74) is 0.941. The Hall–Kier alpha value is -2.23. The molecule has 4 heteroatoms. The summed E-state index contributed by atoms with van der Waals surface area (Å²) in [7, 11) is 0. The number of benzene rings is 1. The normalized spacial score (nSPS) is 11.1. The third-order valence-corrected chi connectivity index (χ3v) is 2.57. The van der Waals surface area contributed by atoms with Crippen molar-refractivity contribution in [3.8, 4) is 0 Å². The summed E-state index contributed by atoms with van der Waals surface area (Å²) in [6.45, 7) is 0. The second-order valence-electron chi connectivity index (χ2n) is 3.53. The summed E-state index contributed by atoms with van der Waals surface area (Å²) in [4.78, 5) is 14.8. The molecule has 78 valence electrons. The molecular weight excluding hydrogens is 207 g/mol. The third-order valence-electron chi connectivity index (χ3n) is 2.57. The van der Waals surface area contributed by atoms with Gasteiger partial charge in [0.15, 0.2) is 6.29 Å². The number of hydrogen-bond donors (Lipinski definition) is 0. The number of rotatable bonds is 1. The molecule has 16 heavy (non-hydrogen) atoms. The molecule has 0 radical (unpaired) electrons. The van der Waals surface area contributed by atoms with E-state index in [0.717, 1.165) is 0 Å². The number of fused-ring (bicyclic) bond motifs is 3. The zero-order chi connectivity index (χ0) is 11.1. The van der Waals surface area contributed by atoms with Gasteiger partial charge in [0.1, 0.15) is 17.2 Å². The average Bonchev–Trinajstić information content (AvgIpc) is 2.72. The molecule has 3 aromatic rings. The monoisotopic (exact) mass is 214 g/mol. The van der Waals surface area contributed by atoms with Gasteiger partial charge in [-0.3, -0.25) is 4.79 Å². The SMILES string of the molecule is O=Cc1cn2ccc3c(F)cccc3c2n1. The van der Waals surface area contributed by atoms with Crippen molar-refractivity contribution in [2.45, 2.75) is 0 Å². The minimum absolute atomic E-state index is 0.282. The Kier molecular flexibility index (Phi) is 1.77. The number of carbonyl (C=O) groups is 1. The van der Waals surface area contributed by atoms with Crippen molar-refractivity contribution in [3.05, 3.63) is 48.2 Å². The summed E-state index contributed by atoms with van der Waals surface area (Å²) in [5, 5.41) is 1.22. The summed E-state index contributed by atoms with van der Waals surface area (Å²) in [6, 6.07) is 6.50. The Morgan fingerprint density at radius 3 is 2.94 bits per heavy atom. The van der Waals surface area contributed by atoms with E-state index in [1.807, 2.05) is 0 Å². The van der Waals surface area contributed by atoms with E-state index in [9.17, 15) is 9.18 Å². The predicted molar refractivity (Wildman–Crippen MR) is 58.0 cm³/mol. The van der Waals surface area contributed by atoms with E-state index < -0.39 is 0 Å². The van der Waals surface area contributed by atoms with Crippen molar-refractivity contribution in [1.82, 2.24) is 9.38 Å². The third kappa shape index (κ3) is 1.13. The maximum absolute atomic E-state index is 13.5. The van der Waals surface area contributed by atoms with Crippen molar-refractivity contribution in [2.75, 3.05) is 0 Å². The molecule has 0 aliphatic carbocycles. The maximum atomic E-state index is 13.5. The molecule has 3 nitrogen and oxygen atoms in total. The first-order valence-electron chi connectivity index (χ1n) is 4.81. The van der Waals surface area contributed by atoms with Gasteiger partial charge >= 0.3 is 0 Å². The average molecular weight is 214 g/mol. The van der Waals surface area contributed by atoms with Crippen LogP contribution in [0.15, 0.2) is 36.7 Å². The van der Waals surface area contributed by atoms with E-state index in [4.69, 9.17) is 0 Å². The number of aromatic nitrogens is 2. The van der Waals surface area contributed by atoms with Crippen LogP contribution < -0.4 is 0 Å². The zero-order valence-corrected chi connectivity index (χ0v) is 8.22. The van der Waals surface area contributed by atoms with Crippen LogP contribution in [0.5, 0.6) is 0 Å². The molecule has 0 fully saturated rings. The molecular formula is C12H7FN2O. The molecule has 0 saturated heterocycles. The summed E-state index contributed by atoms with van der Waals surface area (Å²) in [6.07, 6.45) is 3.99. The second kappa shape index (κ2) is 3.13. The number of imidazole rings is 1. The Morgan fingerprint density at radius 2 is 2.12 bits per heavy atom. The standard InChI is InChI=1S/C12H7FN2O/c13-11-3-1-2-10-9(11)4-5-15-6-8(7-16)14-12(10)15/h1-7H. The maximum Gasteiger partial charge on any atom is 0.170 e. The van der Waals surface area contributed by atoms with Crippen LogP contribution in [-0.2, 0) is 0 Å². The van der Waals surface area contributed by atoms with Gasteiger partial charge in [-0.1, -0.05) is 12.1 Å². The fraction of sp³-hybridized carbons (Fsp3) is 0. The lowest BCUT2D eigenvalue weighted by Gasteiger charge is -2.00. The lowest BCUT2D eigenvalue weighted by molar-refractivity contribution is 0.111. The van der Waals surface area contributed by atoms with E-state index >= 15 is 0 Å². The number of hydrogen-bond acceptors (Lipinski definition) is 2. The highest BCUT2D eigenvalue weighted by molar-refractivity contribution is 5.95. The minimum atomic E-state index is -0.282. The van der Waals surface area contributed by atoms with Gasteiger partial charge in [-0.15, -0.1) is 0 Å². The van der Waals surface area contributed by atoms with Crippen LogP contribution in [0.4, 0.5) is 4.39 Å². The Bertz CT molecular complexity index is 703. The van der Waals surface area contributed by atoms with Crippen molar-refractivity contribution in [3.63, 3.8) is 0 Å². The Labute approximate surface area is 90.1 Å². The first-order valence-corrected chi connectivity index (χ1v) is 4.81. The zero-order valence-electron chi connectivity index (χ0n) is 8.22. The second-order valence-corrected chi connectivity index (χ2v) is 3.53. The van der Waals surface area contributed by atoms with Gasteiger partial charge < -0.3 is 4.40 Å². The summed E-state index contributed by atoms with van der Waals surface area (Å²) >= 11 is 0. The van der Waals surface area contributed by atoms with Crippen molar-refractivity contribution >= 4 is 22.7 Å². The highest BCUT2D eigenvalue weighted by atomic mass is 19.1. The van der Waals surface area contributed by atoms with Gasteiger partial charge in [-0.2, -0.15) is 0 Å². The molecule has 0 N–H and O–H groups in total. The van der Waals surface area contributed by atoms with Crippen LogP contribution in [-0.4, -0.2) is 15.7 Å². The molecule has 0 atom stereocenters. The lowest BCUT2D eigenvalue weighted by atomic mass is 10.1. The number of aldehydes is 1. The van der Waals surface area contributed by atoms with Gasteiger partial charge in [-0.25, -0.2) is 9.37 Å². The molecule has 0 saturated carbocycles. The highest BCUT2D eigenvalue weighted by Gasteiger charge is 2.07. The molecule has 0 aliphatic heterocycles. The number of carbonyl (C=O) groups excluding carboxylic acids is 1. The lowest BCUT2D eigenvalue weighted by Crippen LogP contribution is -1.86. The van der Waals surface area contributed by atoms with E-state index in [2.05, 4.69) is 4.98 Å². The molecule has 0 bridgehead atoms. The first-order chi connectivity index (χ1) is 7.79. The number of pyridine rings is 1. The smallest absolute Gasteiger partial charge is 0.170 e. The molecule has 2 aromatic heterocycles. The van der Waals surface area contributed by atoms with Crippen molar-refractivity contribution in [2.24, 2.45) is 0 Å². The van der Waals surface area contributed by atoms with Crippen molar-refractivity contribution < 1.29 is 9.18 Å². The molecule has 0 aliphatic rings. The van der Waals surface area contributed by atoms with Gasteiger partial charge in [0, 0.05) is 23.2 Å². The fourth-order valence-electron chi connectivity index (χ4n) is 1.84. The first kappa shape index (κ1) is 9.03. The molecule has 1 aromatic carbocycles. The topological polar surface area (TPSA) is 34.4 Å². The molecule has 2 heterocycles. The molecule has 0 unspecified atom stereocenters.